The average Bonchev–Trinajstić information content (AvgIpc) is 2.46. The highest BCUT2D eigenvalue weighted by atomic mass is 32.2. The number of benzene rings is 1. The number of hydrogen-bond acceptors (Lipinski definition) is 4. The summed E-state index contributed by atoms with van der Waals surface area (Å²) in [6.45, 7) is 2.26. The number of carbonyl (C=O) groups is 3. The van der Waals surface area contributed by atoms with Crippen molar-refractivity contribution in [2.75, 3.05) is 18.4 Å². The number of likely N-dealkylation sites (N-methyl/N-ethyl adjacent to an activating group) is 1. The zero-order chi connectivity index (χ0) is 15.2. The lowest BCUT2D eigenvalue weighted by atomic mass is 10.2. The molecular weight excluding hydrogens is 290 g/mol. The summed E-state index contributed by atoms with van der Waals surface area (Å²) in [6, 6.07) is 7.46. The summed E-state index contributed by atoms with van der Waals surface area (Å²) in [4.78, 5) is 35.9. The van der Waals surface area contributed by atoms with Crippen LogP contribution in [0.5, 0.6) is 0 Å². The first-order valence-corrected chi connectivity index (χ1v) is 7.58. The van der Waals surface area contributed by atoms with Gasteiger partial charge >= 0.3 is 0 Å². The maximum absolute atomic E-state index is 11.9. The van der Waals surface area contributed by atoms with Gasteiger partial charge in [0, 0.05) is 17.9 Å². The second kappa shape index (κ2) is 7.12. The van der Waals surface area contributed by atoms with E-state index in [1.165, 1.54) is 11.8 Å². The van der Waals surface area contributed by atoms with E-state index in [1.54, 1.807) is 6.92 Å². The minimum absolute atomic E-state index is 0.0459. The molecule has 6 nitrogen and oxygen atoms in total. The van der Waals surface area contributed by atoms with Crippen LogP contribution in [0.3, 0.4) is 0 Å². The minimum Gasteiger partial charge on any atom is -0.355 e. The molecule has 1 aromatic rings. The Labute approximate surface area is 127 Å². The molecule has 0 bridgehead atoms. The van der Waals surface area contributed by atoms with Crippen LogP contribution in [-0.4, -0.2) is 36.1 Å². The lowest BCUT2D eigenvalue weighted by Gasteiger charge is -2.23. The van der Waals surface area contributed by atoms with Gasteiger partial charge in [0.05, 0.1) is 17.5 Å². The zero-order valence-corrected chi connectivity index (χ0v) is 12.5. The van der Waals surface area contributed by atoms with Crippen molar-refractivity contribution in [1.82, 2.24) is 10.6 Å². The van der Waals surface area contributed by atoms with Gasteiger partial charge in [0.25, 0.3) is 0 Å². The topological polar surface area (TPSA) is 87.3 Å². The van der Waals surface area contributed by atoms with E-state index in [2.05, 4.69) is 16.0 Å². The van der Waals surface area contributed by atoms with E-state index in [1.807, 2.05) is 24.3 Å². The van der Waals surface area contributed by atoms with Crippen LogP contribution in [0.25, 0.3) is 0 Å². The van der Waals surface area contributed by atoms with Gasteiger partial charge in [-0.15, -0.1) is 11.8 Å². The molecule has 2 rings (SSSR count). The van der Waals surface area contributed by atoms with E-state index < -0.39 is 5.25 Å². The number of amides is 3. The van der Waals surface area contributed by atoms with E-state index in [0.29, 0.717) is 6.54 Å². The Balaban J connectivity index is 1.87. The molecule has 21 heavy (non-hydrogen) atoms. The van der Waals surface area contributed by atoms with E-state index in [0.717, 1.165) is 10.6 Å². The fraction of sp³-hybridized carbons (Fsp3) is 0.357. The van der Waals surface area contributed by atoms with Gasteiger partial charge in [-0.05, 0) is 19.1 Å². The maximum atomic E-state index is 11.9. The van der Waals surface area contributed by atoms with Gasteiger partial charge in [0.1, 0.15) is 0 Å². The molecule has 1 atom stereocenters. The van der Waals surface area contributed by atoms with Crippen LogP contribution in [0, 0.1) is 0 Å². The third kappa shape index (κ3) is 4.22. The van der Waals surface area contributed by atoms with Crippen LogP contribution in [0.15, 0.2) is 29.2 Å². The molecule has 0 fully saturated rings. The summed E-state index contributed by atoms with van der Waals surface area (Å²) in [5.41, 5.74) is 0.770. The van der Waals surface area contributed by atoms with Gasteiger partial charge < -0.3 is 16.0 Å². The number of carbonyl (C=O) groups excluding carboxylic acids is 3. The van der Waals surface area contributed by atoms with Gasteiger partial charge in [0.15, 0.2) is 0 Å². The number of thioether (sulfide) groups is 1. The summed E-state index contributed by atoms with van der Waals surface area (Å²) in [6.07, 6.45) is 0.0459. The molecule has 0 unspecified atom stereocenters. The third-order valence-corrected chi connectivity index (χ3v) is 4.17. The Kier molecular flexibility index (Phi) is 5.21. The summed E-state index contributed by atoms with van der Waals surface area (Å²) in [7, 11) is 0. The van der Waals surface area contributed by atoms with Gasteiger partial charge in [-0.25, -0.2) is 0 Å². The SMILES string of the molecule is CCNC(=O)CNC(=O)C[C@H]1Sc2ccccc2NC1=O. The molecule has 1 aliphatic rings. The first-order chi connectivity index (χ1) is 10.1. The molecule has 0 saturated carbocycles. The van der Waals surface area contributed by atoms with Gasteiger partial charge in [-0.2, -0.15) is 0 Å². The van der Waals surface area contributed by atoms with Crippen molar-refractivity contribution in [2.45, 2.75) is 23.5 Å². The molecule has 1 heterocycles. The van der Waals surface area contributed by atoms with E-state index in [-0.39, 0.29) is 30.7 Å². The summed E-state index contributed by atoms with van der Waals surface area (Å²) in [5.74, 6) is -0.739. The highest BCUT2D eigenvalue weighted by molar-refractivity contribution is 8.01. The highest BCUT2D eigenvalue weighted by Gasteiger charge is 2.28. The zero-order valence-electron chi connectivity index (χ0n) is 11.6. The van der Waals surface area contributed by atoms with Crippen molar-refractivity contribution in [3.8, 4) is 0 Å². The Morgan fingerprint density at radius 2 is 2.00 bits per heavy atom. The number of nitrogens with one attached hydrogen (secondary N) is 3. The van der Waals surface area contributed by atoms with Crippen LogP contribution in [-0.2, 0) is 14.4 Å². The summed E-state index contributed by atoms with van der Waals surface area (Å²) >= 11 is 1.36. The average molecular weight is 307 g/mol. The largest absolute Gasteiger partial charge is 0.355 e. The summed E-state index contributed by atoms with van der Waals surface area (Å²) < 4.78 is 0. The van der Waals surface area contributed by atoms with Crippen molar-refractivity contribution in [1.29, 1.82) is 0 Å². The predicted octanol–water partition coefficient (Wildman–Crippen LogP) is 0.742. The maximum Gasteiger partial charge on any atom is 0.239 e. The van der Waals surface area contributed by atoms with Crippen molar-refractivity contribution < 1.29 is 14.4 Å². The molecule has 0 spiro atoms. The van der Waals surface area contributed by atoms with E-state index >= 15 is 0 Å². The van der Waals surface area contributed by atoms with E-state index in [4.69, 9.17) is 0 Å². The normalized spacial score (nSPS) is 16.6. The third-order valence-electron chi connectivity index (χ3n) is 2.90. The first-order valence-electron chi connectivity index (χ1n) is 6.70. The number of fused-ring (bicyclic) bond motifs is 1. The molecule has 0 aromatic heterocycles. The number of para-hydroxylation sites is 1. The van der Waals surface area contributed by atoms with Crippen LogP contribution in [0.1, 0.15) is 13.3 Å². The van der Waals surface area contributed by atoms with Gasteiger partial charge in [-0.3, -0.25) is 14.4 Å². The quantitative estimate of drug-likeness (QED) is 0.749. The Bertz CT molecular complexity index is 562. The van der Waals surface area contributed by atoms with E-state index in [9.17, 15) is 14.4 Å². The molecule has 0 saturated heterocycles. The van der Waals surface area contributed by atoms with Crippen molar-refractivity contribution in [3.05, 3.63) is 24.3 Å². The Morgan fingerprint density at radius 3 is 2.76 bits per heavy atom. The Hall–Kier alpha value is -2.02. The molecule has 1 aliphatic heterocycles. The number of rotatable bonds is 5. The van der Waals surface area contributed by atoms with Gasteiger partial charge in [-0.1, -0.05) is 12.1 Å². The first kappa shape index (κ1) is 15.4. The molecular formula is C14H17N3O3S. The predicted molar refractivity (Wildman–Crippen MR) is 81.0 cm³/mol. The van der Waals surface area contributed by atoms with Crippen molar-refractivity contribution in [2.24, 2.45) is 0 Å². The van der Waals surface area contributed by atoms with Crippen molar-refractivity contribution >= 4 is 35.2 Å². The smallest absolute Gasteiger partial charge is 0.239 e. The molecule has 112 valence electrons. The van der Waals surface area contributed by atoms with Crippen LogP contribution in [0.2, 0.25) is 0 Å². The standard InChI is InChI=1S/C14H17N3O3S/c1-2-15-13(19)8-16-12(18)7-11-14(20)17-9-5-3-4-6-10(9)21-11/h3-6,11H,2,7-8H2,1H3,(H,15,19)(H,16,18)(H,17,20)/t11-/m1/s1. The molecule has 3 amide bonds. The molecule has 0 radical (unpaired) electrons. The minimum atomic E-state index is -0.478. The molecule has 1 aromatic carbocycles. The number of anilines is 1. The monoisotopic (exact) mass is 307 g/mol. The summed E-state index contributed by atoms with van der Waals surface area (Å²) in [5, 5.41) is 7.41. The number of hydrogen-bond donors (Lipinski definition) is 3. The van der Waals surface area contributed by atoms with Crippen molar-refractivity contribution in [3.63, 3.8) is 0 Å². The highest BCUT2D eigenvalue weighted by Crippen LogP contribution is 2.36. The van der Waals surface area contributed by atoms with Crippen LogP contribution >= 0.6 is 11.8 Å². The second-order valence-corrected chi connectivity index (χ2v) is 5.77. The lowest BCUT2D eigenvalue weighted by Crippen LogP contribution is -2.39. The second-order valence-electron chi connectivity index (χ2n) is 4.53. The fourth-order valence-electron chi connectivity index (χ4n) is 1.91. The van der Waals surface area contributed by atoms with Crippen LogP contribution in [0.4, 0.5) is 5.69 Å². The molecule has 3 N–H and O–H groups in total. The molecule has 7 heteroatoms. The molecule has 0 aliphatic carbocycles. The Morgan fingerprint density at radius 1 is 1.24 bits per heavy atom. The van der Waals surface area contributed by atoms with Crippen LogP contribution < -0.4 is 16.0 Å². The van der Waals surface area contributed by atoms with Gasteiger partial charge in [0.2, 0.25) is 17.7 Å². The fourth-order valence-corrected chi connectivity index (χ4v) is 3.02. The lowest BCUT2D eigenvalue weighted by molar-refractivity contribution is -0.127.